The van der Waals surface area contributed by atoms with Crippen molar-refractivity contribution in [3.05, 3.63) is 35.3 Å². The van der Waals surface area contributed by atoms with E-state index in [0.717, 1.165) is 11.1 Å². The minimum atomic E-state index is -1.54. The van der Waals surface area contributed by atoms with Crippen molar-refractivity contribution in [2.45, 2.75) is 84.2 Å². The smallest absolute Gasteiger partial charge is 0.310 e. The molecule has 5 rings (SSSR count). The zero-order chi connectivity index (χ0) is 30.0. The van der Waals surface area contributed by atoms with E-state index in [1.54, 1.807) is 26.5 Å². The number of Topliss-reactive ketones (excluding diaryl/α,β-unsaturated/α-hetero) is 1. The highest BCUT2D eigenvalue weighted by atomic mass is 16.7. The van der Waals surface area contributed by atoms with Crippen LogP contribution in [0.3, 0.4) is 0 Å². The highest BCUT2D eigenvalue weighted by Gasteiger charge is 2.79. The number of hydrogen-bond donors (Lipinski definition) is 0. The van der Waals surface area contributed by atoms with Gasteiger partial charge < -0.3 is 28.1 Å². The normalized spacial score (nSPS) is 37.9. The van der Waals surface area contributed by atoms with Crippen LogP contribution < -0.4 is 0 Å². The third-order valence-corrected chi connectivity index (χ3v) is 10.8. The summed E-state index contributed by atoms with van der Waals surface area (Å²) in [5.41, 5.74) is -1.83. The molecule has 0 amide bonds. The van der Waals surface area contributed by atoms with E-state index < -0.39 is 58.1 Å². The molecule has 41 heavy (non-hydrogen) atoms. The number of fused-ring (bicyclic) bond motifs is 4. The molecule has 0 N–H and O–H groups in total. The fourth-order valence-corrected chi connectivity index (χ4v) is 9.01. The summed E-state index contributed by atoms with van der Waals surface area (Å²) in [6.45, 7) is 7.30. The first-order valence-electron chi connectivity index (χ1n) is 14.1. The maximum atomic E-state index is 14.9. The molecule has 0 spiro atoms. The number of carbonyl (C=O) groups is 4. The van der Waals surface area contributed by atoms with E-state index in [0.29, 0.717) is 24.8 Å². The molecule has 2 heterocycles. The molecule has 4 aliphatic rings. The minimum Gasteiger partial charge on any atom is -0.472 e. The van der Waals surface area contributed by atoms with E-state index in [1.165, 1.54) is 20.3 Å². The minimum absolute atomic E-state index is 0.0238. The van der Waals surface area contributed by atoms with Gasteiger partial charge in [-0.1, -0.05) is 20.8 Å². The van der Waals surface area contributed by atoms with Crippen molar-refractivity contribution in [1.82, 2.24) is 0 Å². The molecule has 10 nitrogen and oxygen atoms in total. The lowest BCUT2D eigenvalue weighted by Crippen LogP contribution is -2.51. The standard InChI is InChI=1S/C31H40O10/c1-17(32)41-31-16-28(2,14-24(37-6)38-7)21(13-22(33)36-5)30(31,4)19-8-10-29(3)20(25(19)26(31)35)12-23(34)40-27(29)18-9-11-39-15-18/h9,11,15,19,21,24,27H,8,10,12-14,16H2,1-7H3/t19-,21-,27-,28+,29+,30+,31-/m0/s1. The van der Waals surface area contributed by atoms with Gasteiger partial charge in [-0.05, 0) is 41.7 Å². The van der Waals surface area contributed by atoms with Gasteiger partial charge in [-0.15, -0.1) is 0 Å². The Morgan fingerprint density at radius 3 is 2.41 bits per heavy atom. The number of carbonyl (C=O) groups excluding carboxylic acids is 4. The fraction of sp³-hybridized carbons (Fsp3) is 0.677. The van der Waals surface area contributed by atoms with Gasteiger partial charge in [-0.25, -0.2) is 0 Å². The van der Waals surface area contributed by atoms with Crippen molar-refractivity contribution in [1.29, 1.82) is 0 Å². The molecule has 1 saturated heterocycles. The number of furan rings is 1. The van der Waals surface area contributed by atoms with Gasteiger partial charge in [0, 0.05) is 62.4 Å². The Morgan fingerprint density at radius 1 is 1.12 bits per heavy atom. The van der Waals surface area contributed by atoms with Gasteiger partial charge in [-0.2, -0.15) is 0 Å². The summed E-state index contributed by atoms with van der Waals surface area (Å²) in [5.74, 6) is -2.48. The molecule has 0 radical (unpaired) electrons. The van der Waals surface area contributed by atoms with Crippen LogP contribution in [-0.4, -0.2) is 56.9 Å². The van der Waals surface area contributed by atoms with E-state index in [-0.39, 0.29) is 31.0 Å². The Balaban J connectivity index is 1.72. The summed E-state index contributed by atoms with van der Waals surface area (Å²) in [6, 6.07) is 1.77. The third-order valence-electron chi connectivity index (χ3n) is 10.8. The number of methoxy groups -OCH3 is 3. The van der Waals surface area contributed by atoms with Crippen molar-refractivity contribution in [2.75, 3.05) is 21.3 Å². The highest BCUT2D eigenvalue weighted by Crippen LogP contribution is 2.75. The van der Waals surface area contributed by atoms with Gasteiger partial charge in [0.05, 0.1) is 26.1 Å². The second-order valence-electron chi connectivity index (χ2n) is 12.8. The SMILES string of the molecule is COC(=O)C[C@H]1[C@](C)(CC(OC)OC)C[C@]2(OC(C)=O)C(=O)C3=C4CC(=O)O[C@@H](c5ccoc5)[C@]4(C)CC[C@@H]3[C@]12C. The number of cyclic esters (lactones) is 1. The van der Waals surface area contributed by atoms with Crippen LogP contribution in [0.5, 0.6) is 0 Å². The fourth-order valence-electron chi connectivity index (χ4n) is 9.01. The van der Waals surface area contributed by atoms with Crippen molar-refractivity contribution >= 4 is 23.7 Å². The van der Waals surface area contributed by atoms with Gasteiger partial charge in [0.1, 0.15) is 6.10 Å². The Bertz CT molecular complexity index is 1280. The average molecular weight is 573 g/mol. The zero-order valence-corrected chi connectivity index (χ0v) is 24.9. The van der Waals surface area contributed by atoms with Gasteiger partial charge in [-0.3, -0.25) is 19.2 Å². The van der Waals surface area contributed by atoms with Gasteiger partial charge >= 0.3 is 17.9 Å². The second-order valence-corrected chi connectivity index (χ2v) is 12.8. The molecule has 7 atom stereocenters. The van der Waals surface area contributed by atoms with Gasteiger partial charge in [0.15, 0.2) is 11.9 Å². The number of ether oxygens (including phenoxy) is 5. The van der Waals surface area contributed by atoms with Crippen LogP contribution in [0.15, 0.2) is 34.2 Å². The van der Waals surface area contributed by atoms with Gasteiger partial charge in [0.2, 0.25) is 5.78 Å². The lowest BCUT2D eigenvalue weighted by Gasteiger charge is -2.50. The van der Waals surface area contributed by atoms with E-state index in [4.69, 9.17) is 28.1 Å². The summed E-state index contributed by atoms with van der Waals surface area (Å²) in [4.78, 5) is 53.6. The predicted octanol–water partition coefficient (Wildman–Crippen LogP) is 4.47. The van der Waals surface area contributed by atoms with Crippen LogP contribution in [0.4, 0.5) is 0 Å². The number of ketones is 1. The molecular formula is C31H40O10. The molecular weight excluding hydrogens is 532 g/mol. The summed E-state index contributed by atoms with van der Waals surface area (Å²) < 4.78 is 33.6. The summed E-state index contributed by atoms with van der Waals surface area (Å²) in [5, 5.41) is 0. The van der Waals surface area contributed by atoms with Crippen LogP contribution in [-0.2, 0) is 42.9 Å². The molecule has 2 saturated carbocycles. The quantitative estimate of drug-likeness (QED) is 0.250. The second kappa shape index (κ2) is 10.1. The molecule has 224 valence electrons. The molecule has 0 unspecified atom stereocenters. The number of rotatable bonds is 8. The van der Waals surface area contributed by atoms with Gasteiger partial charge in [0.25, 0.3) is 0 Å². The molecule has 0 bridgehead atoms. The molecule has 1 aliphatic heterocycles. The van der Waals surface area contributed by atoms with Crippen molar-refractivity contribution in [3.63, 3.8) is 0 Å². The summed E-state index contributed by atoms with van der Waals surface area (Å²) in [7, 11) is 4.42. The van der Waals surface area contributed by atoms with Crippen molar-refractivity contribution in [3.8, 4) is 0 Å². The lowest BCUT2D eigenvalue weighted by molar-refractivity contribution is -0.176. The van der Waals surface area contributed by atoms with E-state index in [2.05, 4.69) is 0 Å². The van der Waals surface area contributed by atoms with E-state index in [1.807, 2.05) is 20.8 Å². The Hall–Kier alpha value is -2.98. The van der Waals surface area contributed by atoms with Crippen LogP contribution in [0.1, 0.15) is 77.9 Å². The topological polar surface area (TPSA) is 128 Å². The summed E-state index contributed by atoms with van der Waals surface area (Å²) >= 11 is 0. The Morgan fingerprint density at radius 2 is 1.83 bits per heavy atom. The maximum Gasteiger partial charge on any atom is 0.310 e. The van der Waals surface area contributed by atoms with Crippen LogP contribution in [0.2, 0.25) is 0 Å². The lowest BCUT2D eigenvalue weighted by atomic mass is 9.55. The Labute approximate surface area is 240 Å². The molecule has 1 aromatic heterocycles. The third kappa shape index (κ3) is 4.12. The average Bonchev–Trinajstić information content (AvgIpc) is 3.56. The first kappa shape index (κ1) is 29.5. The maximum absolute atomic E-state index is 14.9. The number of esters is 3. The van der Waals surface area contributed by atoms with E-state index >= 15 is 0 Å². The molecule has 10 heteroatoms. The zero-order valence-electron chi connectivity index (χ0n) is 24.9. The first-order valence-corrected chi connectivity index (χ1v) is 14.1. The molecule has 3 fully saturated rings. The van der Waals surface area contributed by atoms with Crippen LogP contribution in [0, 0.1) is 28.1 Å². The molecule has 0 aromatic carbocycles. The first-order chi connectivity index (χ1) is 19.3. The van der Waals surface area contributed by atoms with E-state index in [9.17, 15) is 19.2 Å². The molecule has 3 aliphatic carbocycles. The van der Waals surface area contributed by atoms with Crippen LogP contribution in [0.25, 0.3) is 0 Å². The summed E-state index contributed by atoms with van der Waals surface area (Å²) in [6.07, 6.45) is 3.65. The van der Waals surface area contributed by atoms with Crippen molar-refractivity contribution < 1.29 is 47.3 Å². The van der Waals surface area contributed by atoms with Crippen LogP contribution >= 0.6 is 0 Å². The largest absolute Gasteiger partial charge is 0.472 e. The predicted molar refractivity (Wildman–Crippen MR) is 143 cm³/mol. The highest BCUT2D eigenvalue weighted by molar-refractivity contribution is 6.09. The molecule has 1 aromatic rings. The Kier molecular flexibility index (Phi) is 7.26. The van der Waals surface area contributed by atoms with Crippen molar-refractivity contribution in [2.24, 2.45) is 28.1 Å². The number of hydrogen-bond acceptors (Lipinski definition) is 10. The monoisotopic (exact) mass is 572 g/mol.